The third-order valence-corrected chi connectivity index (χ3v) is 1.47. The molecule has 72 valence electrons. The minimum absolute atomic E-state index is 0.112. The van der Waals surface area contributed by atoms with E-state index in [0.29, 0.717) is 0 Å². The number of nitrogen functional groups attached to an aromatic ring is 1. The van der Waals surface area contributed by atoms with Crippen LogP contribution in [-0.2, 0) is 0 Å². The lowest BCUT2D eigenvalue weighted by Gasteiger charge is -2.09. The van der Waals surface area contributed by atoms with E-state index in [2.05, 4.69) is 9.72 Å². The largest absolute Gasteiger partial charge is 0.494 e. The number of rotatable bonds is 2. The van der Waals surface area contributed by atoms with Gasteiger partial charge in [0.25, 0.3) is 6.43 Å². The average molecular weight is 192 g/mol. The molecule has 0 aliphatic rings. The summed E-state index contributed by atoms with van der Waals surface area (Å²) in [5.41, 5.74) is 4.24. The molecule has 0 saturated heterocycles. The normalized spacial score (nSPS) is 10.5. The summed E-state index contributed by atoms with van der Waals surface area (Å²) < 4.78 is 41.8. The highest BCUT2D eigenvalue weighted by Gasteiger charge is 2.22. The van der Waals surface area contributed by atoms with E-state index in [1.807, 2.05) is 0 Å². The van der Waals surface area contributed by atoms with Crippen LogP contribution >= 0.6 is 0 Å². The molecule has 0 bridgehead atoms. The van der Waals surface area contributed by atoms with Crippen molar-refractivity contribution < 1.29 is 17.9 Å². The molecule has 0 aromatic carbocycles. The van der Waals surface area contributed by atoms with Gasteiger partial charge in [0.15, 0.2) is 5.75 Å². The van der Waals surface area contributed by atoms with Gasteiger partial charge in [0, 0.05) is 0 Å². The van der Waals surface area contributed by atoms with Crippen LogP contribution < -0.4 is 10.5 Å². The number of halogens is 3. The van der Waals surface area contributed by atoms with E-state index in [1.54, 1.807) is 0 Å². The van der Waals surface area contributed by atoms with Crippen LogP contribution in [0.2, 0.25) is 0 Å². The maximum Gasteiger partial charge on any atom is 0.271 e. The van der Waals surface area contributed by atoms with E-state index < -0.39 is 17.9 Å². The van der Waals surface area contributed by atoms with Crippen LogP contribution in [0.3, 0.4) is 0 Å². The second-order valence-corrected chi connectivity index (χ2v) is 2.25. The quantitative estimate of drug-likeness (QED) is 0.726. The molecule has 0 fully saturated rings. The Morgan fingerprint density at radius 1 is 1.54 bits per heavy atom. The van der Waals surface area contributed by atoms with Gasteiger partial charge in [-0.15, -0.1) is 0 Å². The van der Waals surface area contributed by atoms with E-state index in [1.165, 1.54) is 0 Å². The zero-order chi connectivity index (χ0) is 10.0. The van der Waals surface area contributed by atoms with Gasteiger partial charge in [0.1, 0.15) is 5.56 Å². The summed E-state index contributed by atoms with van der Waals surface area (Å²) in [5, 5.41) is 0. The Morgan fingerprint density at radius 3 is 2.54 bits per heavy atom. The topological polar surface area (TPSA) is 48.1 Å². The first-order valence-corrected chi connectivity index (χ1v) is 3.34. The summed E-state index contributed by atoms with van der Waals surface area (Å²) in [7, 11) is 1.14. The molecule has 6 heteroatoms. The van der Waals surface area contributed by atoms with Gasteiger partial charge in [-0.3, -0.25) is 0 Å². The number of alkyl halides is 2. The first-order valence-electron chi connectivity index (χ1n) is 3.34. The standard InChI is InChI=1S/C7H7F3N2O/c1-13-5-3(11)2-12-7(10)4(5)6(8)9/h2,6H,11H2,1H3. The molecule has 0 saturated carbocycles. The number of ether oxygens (including phenoxy) is 1. The molecule has 1 heterocycles. The van der Waals surface area contributed by atoms with Crippen LogP contribution in [0.15, 0.2) is 6.20 Å². The highest BCUT2D eigenvalue weighted by Crippen LogP contribution is 2.34. The molecule has 0 radical (unpaired) electrons. The van der Waals surface area contributed by atoms with Crippen LogP contribution in [0.1, 0.15) is 12.0 Å². The molecule has 0 unspecified atom stereocenters. The Labute approximate surface area is 72.3 Å². The predicted molar refractivity (Wildman–Crippen MR) is 40.1 cm³/mol. The lowest BCUT2D eigenvalue weighted by atomic mass is 10.2. The molecular formula is C7H7F3N2O. The Balaban J connectivity index is 3.35. The smallest absolute Gasteiger partial charge is 0.271 e. The number of hydrogen-bond acceptors (Lipinski definition) is 3. The predicted octanol–water partition coefficient (Wildman–Crippen LogP) is 1.75. The van der Waals surface area contributed by atoms with Crippen molar-refractivity contribution in [1.29, 1.82) is 0 Å². The third-order valence-electron chi connectivity index (χ3n) is 1.47. The number of anilines is 1. The fourth-order valence-corrected chi connectivity index (χ4v) is 0.921. The van der Waals surface area contributed by atoms with Crippen molar-refractivity contribution in [2.24, 2.45) is 0 Å². The molecule has 0 aliphatic heterocycles. The van der Waals surface area contributed by atoms with Crippen molar-refractivity contribution in [1.82, 2.24) is 4.98 Å². The first kappa shape index (κ1) is 9.63. The molecule has 2 N–H and O–H groups in total. The van der Waals surface area contributed by atoms with Gasteiger partial charge in [-0.2, -0.15) is 4.39 Å². The average Bonchev–Trinajstić information content (AvgIpc) is 2.07. The van der Waals surface area contributed by atoms with E-state index in [4.69, 9.17) is 5.73 Å². The fourth-order valence-electron chi connectivity index (χ4n) is 0.921. The van der Waals surface area contributed by atoms with Crippen LogP contribution in [0.5, 0.6) is 5.75 Å². The van der Waals surface area contributed by atoms with E-state index in [-0.39, 0.29) is 11.4 Å². The molecular weight excluding hydrogens is 185 g/mol. The summed E-state index contributed by atoms with van der Waals surface area (Å²) in [6.45, 7) is 0. The maximum atomic E-state index is 12.7. The minimum Gasteiger partial charge on any atom is -0.494 e. The zero-order valence-electron chi connectivity index (χ0n) is 6.72. The van der Waals surface area contributed by atoms with E-state index >= 15 is 0 Å². The van der Waals surface area contributed by atoms with Gasteiger partial charge in [-0.25, -0.2) is 13.8 Å². The Morgan fingerprint density at radius 2 is 2.15 bits per heavy atom. The molecule has 0 atom stereocenters. The highest BCUT2D eigenvalue weighted by molar-refractivity contribution is 5.55. The Kier molecular flexibility index (Phi) is 2.60. The van der Waals surface area contributed by atoms with E-state index in [0.717, 1.165) is 13.3 Å². The number of nitrogens with two attached hydrogens (primary N) is 1. The molecule has 13 heavy (non-hydrogen) atoms. The number of nitrogens with zero attached hydrogens (tertiary/aromatic N) is 1. The molecule has 1 rings (SSSR count). The summed E-state index contributed by atoms with van der Waals surface area (Å²) >= 11 is 0. The van der Waals surface area contributed by atoms with Gasteiger partial charge >= 0.3 is 0 Å². The monoisotopic (exact) mass is 192 g/mol. The van der Waals surface area contributed by atoms with Crippen molar-refractivity contribution in [3.8, 4) is 5.75 Å². The first-order chi connectivity index (χ1) is 6.07. The summed E-state index contributed by atoms with van der Waals surface area (Å²) in [4.78, 5) is 3.06. The SMILES string of the molecule is COc1c(N)cnc(F)c1C(F)F. The van der Waals surface area contributed by atoms with Crippen LogP contribution in [0.25, 0.3) is 0 Å². The molecule has 0 amide bonds. The molecule has 3 nitrogen and oxygen atoms in total. The summed E-state index contributed by atoms with van der Waals surface area (Å²) in [6.07, 6.45) is -2.06. The lowest BCUT2D eigenvalue weighted by Crippen LogP contribution is -2.03. The Hall–Kier alpha value is -1.46. The highest BCUT2D eigenvalue weighted by atomic mass is 19.3. The van der Waals surface area contributed by atoms with Gasteiger partial charge in [0.05, 0.1) is 19.0 Å². The molecule has 0 aliphatic carbocycles. The van der Waals surface area contributed by atoms with E-state index in [9.17, 15) is 13.2 Å². The second-order valence-electron chi connectivity index (χ2n) is 2.25. The van der Waals surface area contributed by atoms with Crippen molar-refractivity contribution in [3.05, 3.63) is 17.7 Å². The maximum absolute atomic E-state index is 12.7. The van der Waals surface area contributed by atoms with Crippen molar-refractivity contribution in [2.45, 2.75) is 6.43 Å². The van der Waals surface area contributed by atoms with Gasteiger partial charge in [-0.05, 0) is 0 Å². The fraction of sp³-hybridized carbons (Fsp3) is 0.286. The third kappa shape index (κ3) is 1.66. The second kappa shape index (κ2) is 3.51. The lowest BCUT2D eigenvalue weighted by molar-refractivity contribution is 0.140. The van der Waals surface area contributed by atoms with Crippen LogP contribution in [-0.4, -0.2) is 12.1 Å². The van der Waals surface area contributed by atoms with Crippen molar-refractivity contribution in [3.63, 3.8) is 0 Å². The zero-order valence-corrected chi connectivity index (χ0v) is 6.72. The molecule has 1 aromatic rings. The van der Waals surface area contributed by atoms with Gasteiger partial charge in [0.2, 0.25) is 5.95 Å². The molecule has 0 spiro atoms. The number of hydrogen-bond donors (Lipinski definition) is 1. The van der Waals surface area contributed by atoms with Crippen LogP contribution in [0, 0.1) is 5.95 Å². The summed E-state index contributed by atoms with van der Waals surface area (Å²) in [5.74, 6) is -1.62. The van der Waals surface area contributed by atoms with Crippen molar-refractivity contribution >= 4 is 5.69 Å². The Bertz CT molecular complexity index is 317. The number of aromatic nitrogens is 1. The van der Waals surface area contributed by atoms with Gasteiger partial charge in [-0.1, -0.05) is 0 Å². The number of pyridine rings is 1. The summed E-state index contributed by atoms with van der Waals surface area (Å²) in [6, 6.07) is 0. The van der Waals surface area contributed by atoms with Crippen LogP contribution in [0.4, 0.5) is 18.9 Å². The van der Waals surface area contributed by atoms with Crippen molar-refractivity contribution in [2.75, 3.05) is 12.8 Å². The van der Waals surface area contributed by atoms with Gasteiger partial charge < -0.3 is 10.5 Å². The molecule has 1 aromatic heterocycles. The minimum atomic E-state index is -2.99. The number of methoxy groups -OCH3 is 1.